The Kier molecular flexibility index (Phi) is 3.94. The summed E-state index contributed by atoms with van der Waals surface area (Å²) in [5.41, 5.74) is 0.507. The molecule has 0 spiro atoms. The molecule has 0 aliphatic rings. The highest BCUT2D eigenvalue weighted by Crippen LogP contribution is 2.17. The van der Waals surface area contributed by atoms with Gasteiger partial charge < -0.3 is 10.4 Å². The maximum absolute atomic E-state index is 11.7. The molecule has 0 aromatic heterocycles. The third-order valence-electron chi connectivity index (χ3n) is 2.05. The van der Waals surface area contributed by atoms with Crippen molar-refractivity contribution in [3.8, 4) is 0 Å². The number of carbonyl (C=O) groups is 1. The molecule has 0 saturated carbocycles. The number of halogens is 1. The van der Waals surface area contributed by atoms with Gasteiger partial charge in [-0.3, -0.25) is 4.79 Å². The lowest BCUT2D eigenvalue weighted by atomic mass is 10.1. The van der Waals surface area contributed by atoms with Gasteiger partial charge in [0, 0.05) is 6.54 Å². The Labute approximate surface area is 100 Å². The van der Waals surface area contributed by atoms with Crippen LogP contribution in [0.5, 0.6) is 0 Å². The molecule has 0 saturated heterocycles. The Balaban J connectivity index is 2.74. The van der Waals surface area contributed by atoms with Gasteiger partial charge in [0.25, 0.3) is 5.91 Å². The summed E-state index contributed by atoms with van der Waals surface area (Å²) < 4.78 is 0. The van der Waals surface area contributed by atoms with Crippen molar-refractivity contribution in [2.75, 3.05) is 6.54 Å². The molecule has 1 amide bonds. The molecule has 16 heavy (non-hydrogen) atoms. The van der Waals surface area contributed by atoms with E-state index in [-0.39, 0.29) is 12.5 Å². The van der Waals surface area contributed by atoms with E-state index in [4.69, 9.17) is 11.6 Å². The second-order valence-electron chi connectivity index (χ2n) is 4.48. The molecule has 0 bridgehead atoms. The summed E-state index contributed by atoms with van der Waals surface area (Å²) in [4.78, 5) is 11.7. The molecule has 0 radical (unpaired) electrons. The van der Waals surface area contributed by atoms with Gasteiger partial charge in [-0.2, -0.15) is 0 Å². The number of hydrogen-bond donors (Lipinski definition) is 2. The number of benzene rings is 1. The van der Waals surface area contributed by atoms with E-state index in [1.54, 1.807) is 26.0 Å². The summed E-state index contributed by atoms with van der Waals surface area (Å²) in [6.45, 7) is 5.36. The Morgan fingerprint density at radius 2 is 2.12 bits per heavy atom. The van der Waals surface area contributed by atoms with Crippen LogP contribution in [0.4, 0.5) is 0 Å². The monoisotopic (exact) mass is 241 g/mol. The minimum Gasteiger partial charge on any atom is -0.389 e. The summed E-state index contributed by atoms with van der Waals surface area (Å²) in [7, 11) is 0. The van der Waals surface area contributed by atoms with E-state index in [1.807, 2.05) is 13.0 Å². The number of hydrogen-bond acceptors (Lipinski definition) is 2. The third kappa shape index (κ3) is 3.83. The first-order chi connectivity index (χ1) is 7.29. The number of aliphatic hydroxyl groups is 1. The smallest absolute Gasteiger partial charge is 0.252 e. The average molecular weight is 242 g/mol. The van der Waals surface area contributed by atoms with Crippen molar-refractivity contribution in [2.45, 2.75) is 26.4 Å². The van der Waals surface area contributed by atoms with Crippen LogP contribution in [-0.2, 0) is 0 Å². The topological polar surface area (TPSA) is 49.3 Å². The van der Waals surface area contributed by atoms with E-state index < -0.39 is 5.60 Å². The Bertz CT molecular complexity index is 396. The van der Waals surface area contributed by atoms with Crippen LogP contribution in [0.2, 0.25) is 5.02 Å². The number of aryl methyl sites for hydroxylation is 1. The predicted octanol–water partition coefficient (Wildman–Crippen LogP) is 2.15. The van der Waals surface area contributed by atoms with Gasteiger partial charge in [0.05, 0.1) is 16.2 Å². The molecule has 2 N–H and O–H groups in total. The minimum atomic E-state index is -0.924. The van der Waals surface area contributed by atoms with Gasteiger partial charge in [-0.15, -0.1) is 0 Å². The highest BCUT2D eigenvalue weighted by atomic mass is 35.5. The van der Waals surface area contributed by atoms with Crippen molar-refractivity contribution < 1.29 is 9.90 Å². The van der Waals surface area contributed by atoms with Crippen LogP contribution in [0, 0.1) is 6.92 Å². The fraction of sp³-hybridized carbons (Fsp3) is 0.417. The van der Waals surface area contributed by atoms with Crippen molar-refractivity contribution in [1.29, 1.82) is 0 Å². The van der Waals surface area contributed by atoms with E-state index >= 15 is 0 Å². The maximum atomic E-state index is 11.7. The maximum Gasteiger partial charge on any atom is 0.252 e. The molecule has 1 aromatic carbocycles. The van der Waals surface area contributed by atoms with Gasteiger partial charge in [0.2, 0.25) is 0 Å². The standard InChI is InChI=1S/C12H16ClNO2/c1-8-4-5-9(10(13)6-8)11(15)14-7-12(2,3)16/h4-6,16H,7H2,1-3H3,(H,14,15). The van der Waals surface area contributed by atoms with Crippen molar-refractivity contribution in [2.24, 2.45) is 0 Å². The van der Waals surface area contributed by atoms with E-state index in [1.165, 1.54) is 0 Å². The summed E-state index contributed by atoms with van der Waals surface area (Å²) in [6, 6.07) is 5.24. The van der Waals surface area contributed by atoms with Crippen molar-refractivity contribution in [1.82, 2.24) is 5.32 Å². The van der Waals surface area contributed by atoms with E-state index in [9.17, 15) is 9.90 Å². The molecule has 1 aromatic rings. The summed E-state index contributed by atoms with van der Waals surface area (Å²) in [6.07, 6.45) is 0. The molecule has 3 nitrogen and oxygen atoms in total. The molecule has 88 valence electrons. The largest absolute Gasteiger partial charge is 0.389 e. The molecule has 0 aliphatic carbocycles. The Morgan fingerprint density at radius 1 is 1.50 bits per heavy atom. The number of rotatable bonds is 3. The normalized spacial score (nSPS) is 11.3. The fourth-order valence-corrected chi connectivity index (χ4v) is 1.52. The minimum absolute atomic E-state index is 0.191. The van der Waals surface area contributed by atoms with Gasteiger partial charge in [-0.05, 0) is 38.5 Å². The SMILES string of the molecule is Cc1ccc(C(=O)NCC(C)(C)O)c(Cl)c1. The zero-order valence-corrected chi connectivity index (χ0v) is 10.4. The molecule has 0 aliphatic heterocycles. The average Bonchev–Trinajstić information content (AvgIpc) is 2.13. The number of amides is 1. The Morgan fingerprint density at radius 3 is 2.62 bits per heavy atom. The van der Waals surface area contributed by atoms with E-state index in [0.29, 0.717) is 10.6 Å². The van der Waals surface area contributed by atoms with E-state index in [2.05, 4.69) is 5.32 Å². The molecule has 0 heterocycles. The lowest BCUT2D eigenvalue weighted by Crippen LogP contribution is -2.38. The van der Waals surface area contributed by atoms with Crippen LogP contribution in [-0.4, -0.2) is 23.2 Å². The van der Waals surface area contributed by atoms with Gasteiger partial charge in [-0.25, -0.2) is 0 Å². The first-order valence-electron chi connectivity index (χ1n) is 5.06. The van der Waals surface area contributed by atoms with Crippen LogP contribution in [0.3, 0.4) is 0 Å². The van der Waals surface area contributed by atoms with Gasteiger partial charge >= 0.3 is 0 Å². The van der Waals surface area contributed by atoms with Crippen LogP contribution in [0.1, 0.15) is 29.8 Å². The number of nitrogens with one attached hydrogen (secondary N) is 1. The zero-order valence-electron chi connectivity index (χ0n) is 9.67. The molecule has 0 atom stereocenters. The van der Waals surface area contributed by atoms with Crippen LogP contribution < -0.4 is 5.32 Å². The Hall–Kier alpha value is -1.06. The fourth-order valence-electron chi connectivity index (χ4n) is 1.20. The van der Waals surface area contributed by atoms with Crippen molar-refractivity contribution in [3.05, 3.63) is 34.3 Å². The molecule has 4 heteroatoms. The lowest BCUT2D eigenvalue weighted by molar-refractivity contribution is 0.0694. The van der Waals surface area contributed by atoms with Crippen LogP contribution >= 0.6 is 11.6 Å². The second-order valence-corrected chi connectivity index (χ2v) is 4.89. The van der Waals surface area contributed by atoms with Gasteiger partial charge in [0.15, 0.2) is 0 Å². The van der Waals surface area contributed by atoms with Crippen molar-refractivity contribution in [3.63, 3.8) is 0 Å². The van der Waals surface area contributed by atoms with E-state index in [0.717, 1.165) is 5.56 Å². The summed E-state index contributed by atoms with van der Waals surface area (Å²) in [5, 5.41) is 12.5. The number of carbonyl (C=O) groups excluding carboxylic acids is 1. The highest BCUT2D eigenvalue weighted by Gasteiger charge is 2.16. The lowest BCUT2D eigenvalue weighted by Gasteiger charge is -2.17. The third-order valence-corrected chi connectivity index (χ3v) is 2.36. The second kappa shape index (κ2) is 4.85. The first kappa shape index (κ1) is 13.0. The van der Waals surface area contributed by atoms with Crippen molar-refractivity contribution >= 4 is 17.5 Å². The molecule has 1 rings (SSSR count). The van der Waals surface area contributed by atoms with Crippen LogP contribution in [0.15, 0.2) is 18.2 Å². The molecular formula is C12H16ClNO2. The molecule has 0 unspecified atom stereocenters. The van der Waals surface area contributed by atoms with Gasteiger partial charge in [0.1, 0.15) is 0 Å². The molecule has 0 fully saturated rings. The molecular weight excluding hydrogens is 226 g/mol. The van der Waals surface area contributed by atoms with Crippen LogP contribution in [0.25, 0.3) is 0 Å². The summed E-state index contributed by atoms with van der Waals surface area (Å²) in [5.74, 6) is -0.271. The quantitative estimate of drug-likeness (QED) is 0.852. The zero-order chi connectivity index (χ0) is 12.3. The highest BCUT2D eigenvalue weighted by molar-refractivity contribution is 6.33. The summed E-state index contributed by atoms with van der Waals surface area (Å²) >= 11 is 5.95. The first-order valence-corrected chi connectivity index (χ1v) is 5.44. The predicted molar refractivity (Wildman–Crippen MR) is 64.8 cm³/mol. The van der Waals surface area contributed by atoms with Gasteiger partial charge in [-0.1, -0.05) is 17.7 Å².